The lowest BCUT2D eigenvalue weighted by Crippen LogP contribution is -2.41. The van der Waals surface area contributed by atoms with Crippen molar-refractivity contribution in [1.29, 1.82) is 0 Å². The molecule has 0 bridgehead atoms. The quantitative estimate of drug-likeness (QED) is 0.557. The summed E-state index contributed by atoms with van der Waals surface area (Å²) in [4.78, 5) is 34.6. The van der Waals surface area contributed by atoms with Crippen LogP contribution < -0.4 is 15.8 Å². The van der Waals surface area contributed by atoms with Crippen LogP contribution in [0, 0.1) is 5.82 Å². The average Bonchev–Trinajstić information content (AvgIpc) is 3.05. The number of anilines is 1. The van der Waals surface area contributed by atoms with E-state index in [1.807, 2.05) is 0 Å². The predicted octanol–water partition coefficient (Wildman–Crippen LogP) is 2.40. The van der Waals surface area contributed by atoms with Crippen molar-refractivity contribution in [1.82, 2.24) is 0 Å². The number of thiophene rings is 1. The molecule has 0 saturated carbocycles. The Morgan fingerprint density at radius 3 is 2.39 bits per heavy atom. The van der Waals surface area contributed by atoms with Gasteiger partial charge in [-0.2, -0.15) is 0 Å². The third-order valence-corrected chi connectivity index (χ3v) is 7.14. The van der Waals surface area contributed by atoms with Gasteiger partial charge in [0.25, 0.3) is 11.8 Å². The fourth-order valence-corrected chi connectivity index (χ4v) is 5.20. The zero-order chi connectivity index (χ0) is 23.6. The van der Waals surface area contributed by atoms with Gasteiger partial charge < -0.3 is 20.5 Å². The fraction of sp³-hybridized carbons (Fsp3) is 0.278. The second-order valence-corrected chi connectivity index (χ2v) is 9.78. The summed E-state index contributed by atoms with van der Waals surface area (Å²) in [6.07, 6.45) is 0. The Bertz CT molecular complexity index is 1140. The van der Waals surface area contributed by atoms with E-state index in [-0.39, 0.29) is 16.3 Å². The lowest BCUT2D eigenvalue weighted by Gasteiger charge is -2.22. The fourth-order valence-electron chi connectivity index (χ4n) is 2.40. The van der Waals surface area contributed by atoms with Gasteiger partial charge in [0.15, 0.2) is 5.60 Å². The Hall–Kier alpha value is -3.06. The summed E-state index contributed by atoms with van der Waals surface area (Å²) in [6, 6.07) is 3.52. The standard InChI is InChI=1S/C18H18F2N2O7S2/c1-9(23)29-18(2,3)17(25)22-16-11(15(21)24)7-14(30-16)31(26,27)13-5-4-10(28-8-19)6-12(13)20/h4-7H,8H2,1-3H3,(H2,21,24)(H,22,25). The van der Waals surface area contributed by atoms with Gasteiger partial charge in [0.1, 0.15) is 25.7 Å². The number of hydrogen-bond acceptors (Lipinski definition) is 8. The lowest BCUT2D eigenvalue weighted by molar-refractivity contribution is -0.160. The molecular formula is C18H18F2N2O7S2. The number of esters is 1. The largest absolute Gasteiger partial charge is 0.463 e. The maximum atomic E-state index is 14.3. The molecule has 9 nitrogen and oxygen atoms in total. The third-order valence-electron chi connectivity index (χ3n) is 3.83. The minimum absolute atomic E-state index is 0.219. The number of halogens is 2. The first-order chi connectivity index (χ1) is 14.3. The summed E-state index contributed by atoms with van der Waals surface area (Å²) >= 11 is 0.457. The lowest BCUT2D eigenvalue weighted by atomic mass is 10.1. The molecule has 0 atom stereocenters. The summed E-state index contributed by atoms with van der Waals surface area (Å²) in [7, 11) is -4.48. The highest BCUT2D eigenvalue weighted by Gasteiger charge is 2.34. The highest BCUT2D eigenvalue weighted by Crippen LogP contribution is 2.36. The number of carbonyl (C=O) groups excluding carboxylic acids is 3. The van der Waals surface area contributed by atoms with Crippen LogP contribution in [0.2, 0.25) is 0 Å². The SMILES string of the molecule is CC(=O)OC(C)(C)C(=O)Nc1sc(S(=O)(=O)c2ccc(OCF)cc2F)cc1C(N)=O. The van der Waals surface area contributed by atoms with Crippen LogP contribution in [0.1, 0.15) is 31.1 Å². The number of amides is 2. The van der Waals surface area contributed by atoms with E-state index in [0.29, 0.717) is 17.4 Å². The first-order valence-corrected chi connectivity index (χ1v) is 10.8. The van der Waals surface area contributed by atoms with Gasteiger partial charge in [-0.25, -0.2) is 17.2 Å². The van der Waals surface area contributed by atoms with E-state index >= 15 is 0 Å². The van der Waals surface area contributed by atoms with Crippen molar-refractivity contribution in [2.24, 2.45) is 5.73 Å². The molecule has 1 aromatic heterocycles. The van der Waals surface area contributed by atoms with E-state index in [1.165, 1.54) is 13.8 Å². The minimum Gasteiger partial charge on any atom is -0.463 e. The Kier molecular flexibility index (Phi) is 7.01. The van der Waals surface area contributed by atoms with Gasteiger partial charge in [0.05, 0.1) is 5.56 Å². The summed E-state index contributed by atoms with van der Waals surface area (Å²) in [6.45, 7) is 2.44. The number of nitrogens with one attached hydrogen (secondary N) is 1. The number of ether oxygens (including phenoxy) is 2. The van der Waals surface area contributed by atoms with Crippen LogP contribution in [0.25, 0.3) is 0 Å². The second-order valence-electron chi connectivity index (χ2n) is 6.58. The second kappa shape index (κ2) is 8.98. The van der Waals surface area contributed by atoms with E-state index in [1.54, 1.807) is 0 Å². The molecule has 0 aliphatic carbocycles. The molecule has 13 heteroatoms. The van der Waals surface area contributed by atoms with E-state index in [0.717, 1.165) is 25.1 Å². The first-order valence-electron chi connectivity index (χ1n) is 8.47. The van der Waals surface area contributed by atoms with Crippen molar-refractivity contribution in [3.8, 4) is 5.75 Å². The molecule has 0 spiro atoms. The molecule has 0 unspecified atom stereocenters. The normalized spacial score (nSPS) is 11.6. The van der Waals surface area contributed by atoms with E-state index in [9.17, 15) is 31.6 Å². The monoisotopic (exact) mass is 476 g/mol. The number of sulfone groups is 1. The van der Waals surface area contributed by atoms with Crippen LogP contribution in [0.5, 0.6) is 5.75 Å². The number of carbonyl (C=O) groups is 3. The number of benzene rings is 1. The Balaban J connectivity index is 2.46. The van der Waals surface area contributed by atoms with Gasteiger partial charge >= 0.3 is 5.97 Å². The van der Waals surface area contributed by atoms with Crippen molar-refractivity contribution < 1.29 is 41.1 Å². The molecule has 0 saturated heterocycles. The van der Waals surface area contributed by atoms with Gasteiger partial charge in [0, 0.05) is 13.0 Å². The first kappa shape index (κ1) is 24.2. The highest BCUT2D eigenvalue weighted by atomic mass is 32.2. The molecule has 1 aromatic carbocycles. The predicted molar refractivity (Wildman–Crippen MR) is 106 cm³/mol. The zero-order valence-corrected chi connectivity index (χ0v) is 18.2. The van der Waals surface area contributed by atoms with Crippen LogP contribution in [-0.2, 0) is 24.2 Å². The van der Waals surface area contributed by atoms with Gasteiger partial charge in [-0.05, 0) is 32.0 Å². The van der Waals surface area contributed by atoms with Crippen molar-refractivity contribution in [3.63, 3.8) is 0 Å². The molecule has 3 N–H and O–H groups in total. The van der Waals surface area contributed by atoms with E-state index in [4.69, 9.17) is 10.5 Å². The van der Waals surface area contributed by atoms with Gasteiger partial charge in [-0.3, -0.25) is 14.4 Å². The maximum absolute atomic E-state index is 14.3. The van der Waals surface area contributed by atoms with Crippen LogP contribution in [0.15, 0.2) is 33.4 Å². The van der Waals surface area contributed by atoms with Crippen molar-refractivity contribution in [3.05, 3.63) is 35.6 Å². The molecule has 0 aliphatic heterocycles. The summed E-state index contributed by atoms with van der Waals surface area (Å²) in [5.74, 6) is -4.06. The third kappa shape index (κ3) is 5.35. The number of primary amides is 1. The van der Waals surface area contributed by atoms with Crippen molar-refractivity contribution >= 4 is 44.0 Å². The zero-order valence-electron chi connectivity index (χ0n) is 16.5. The maximum Gasteiger partial charge on any atom is 0.303 e. The number of alkyl halides is 1. The van der Waals surface area contributed by atoms with Crippen LogP contribution in [0.4, 0.5) is 13.8 Å². The van der Waals surface area contributed by atoms with Crippen molar-refractivity contribution in [2.75, 3.05) is 12.2 Å². The molecule has 168 valence electrons. The Labute approximate surface area is 180 Å². The van der Waals surface area contributed by atoms with Crippen LogP contribution in [-0.4, -0.2) is 38.7 Å². The topological polar surface area (TPSA) is 142 Å². The van der Waals surface area contributed by atoms with Crippen molar-refractivity contribution in [2.45, 2.75) is 35.5 Å². The minimum atomic E-state index is -4.48. The number of rotatable bonds is 8. The van der Waals surface area contributed by atoms with Gasteiger partial charge in [0.2, 0.25) is 16.7 Å². The summed E-state index contributed by atoms with van der Waals surface area (Å²) < 4.78 is 61.1. The Morgan fingerprint density at radius 1 is 1.23 bits per heavy atom. The summed E-state index contributed by atoms with van der Waals surface area (Å²) in [5, 5.41) is 2.08. The number of nitrogens with two attached hydrogens (primary N) is 1. The van der Waals surface area contributed by atoms with E-state index in [2.05, 4.69) is 10.1 Å². The summed E-state index contributed by atoms with van der Waals surface area (Å²) in [5.41, 5.74) is 3.29. The average molecular weight is 476 g/mol. The highest BCUT2D eigenvalue weighted by molar-refractivity contribution is 7.93. The molecular weight excluding hydrogens is 458 g/mol. The van der Waals surface area contributed by atoms with Gasteiger partial charge in [-0.1, -0.05) is 0 Å². The smallest absolute Gasteiger partial charge is 0.303 e. The number of hydrogen-bond donors (Lipinski definition) is 2. The molecule has 0 radical (unpaired) electrons. The molecule has 1 heterocycles. The van der Waals surface area contributed by atoms with Gasteiger partial charge in [-0.15, -0.1) is 11.3 Å². The van der Waals surface area contributed by atoms with Crippen LogP contribution in [0.3, 0.4) is 0 Å². The molecule has 0 fully saturated rings. The molecule has 2 amide bonds. The molecule has 31 heavy (non-hydrogen) atoms. The molecule has 2 rings (SSSR count). The molecule has 2 aromatic rings. The molecule has 0 aliphatic rings. The van der Waals surface area contributed by atoms with Crippen LogP contribution >= 0.6 is 11.3 Å². The van der Waals surface area contributed by atoms with E-state index < -0.39 is 55.0 Å². The Morgan fingerprint density at radius 2 is 1.87 bits per heavy atom.